The first-order chi connectivity index (χ1) is 8.47. The van der Waals surface area contributed by atoms with Crippen LogP contribution >= 0.6 is 11.8 Å². The molecule has 1 aromatic rings. The van der Waals surface area contributed by atoms with Crippen LogP contribution in [-0.2, 0) is 5.41 Å². The second kappa shape index (κ2) is 6.83. The van der Waals surface area contributed by atoms with Gasteiger partial charge in [0, 0.05) is 30.3 Å². The van der Waals surface area contributed by atoms with Gasteiger partial charge in [-0.3, -0.25) is 0 Å². The lowest BCUT2D eigenvalue weighted by atomic mass is 9.96. The van der Waals surface area contributed by atoms with Crippen molar-refractivity contribution in [3.05, 3.63) is 11.9 Å². The predicted octanol–water partition coefficient (Wildman–Crippen LogP) is 2.98. The molecular formula is C13H24N4S. The summed E-state index contributed by atoms with van der Waals surface area (Å²) >= 11 is 1.82. The molecule has 0 bridgehead atoms. The molecule has 0 aromatic carbocycles. The fourth-order valence-corrected chi connectivity index (χ4v) is 1.73. The zero-order chi connectivity index (χ0) is 13.6. The Morgan fingerprint density at radius 3 is 2.28 bits per heavy atom. The summed E-state index contributed by atoms with van der Waals surface area (Å²) in [7, 11) is 0. The van der Waals surface area contributed by atoms with Gasteiger partial charge in [-0.15, -0.1) is 0 Å². The molecule has 0 unspecified atom stereocenters. The second-order valence-electron chi connectivity index (χ2n) is 5.16. The van der Waals surface area contributed by atoms with Crippen molar-refractivity contribution >= 4 is 23.4 Å². The third-order valence-corrected chi connectivity index (χ3v) is 2.98. The van der Waals surface area contributed by atoms with Crippen molar-refractivity contribution in [1.29, 1.82) is 0 Å². The number of hydrogen-bond acceptors (Lipinski definition) is 5. The van der Waals surface area contributed by atoms with Crippen molar-refractivity contribution in [1.82, 2.24) is 9.97 Å². The maximum atomic E-state index is 4.59. The largest absolute Gasteiger partial charge is 0.370 e. The molecule has 0 saturated heterocycles. The minimum Gasteiger partial charge on any atom is -0.370 e. The van der Waals surface area contributed by atoms with E-state index in [0.717, 1.165) is 36.3 Å². The van der Waals surface area contributed by atoms with Gasteiger partial charge in [-0.1, -0.05) is 20.8 Å². The molecule has 1 heterocycles. The van der Waals surface area contributed by atoms with Gasteiger partial charge in [0.25, 0.3) is 0 Å². The quantitative estimate of drug-likeness (QED) is 0.777. The van der Waals surface area contributed by atoms with Crippen molar-refractivity contribution in [2.45, 2.75) is 33.1 Å². The third kappa shape index (κ3) is 4.72. The van der Waals surface area contributed by atoms with Crippen LogP contribution in [0.5, 0.6) is 0 Å². The Labute approximate surface area is 114 Å². The summed E-state index contributed by atoms with van der Waals surface area (Å²) in [5, 5.41) is 6.60. The summed E-state index contributed by atoms with van der Waals surface area (Å²) < 4.78 is 0. The summed E-state index contributed by atoms with van der Waals surface area (Å²) in [5.41, 5.74) is -0.0403. The Morgan fingerprint density at radius 2 is 1.78 bits per heavy atom. The van der Waals surface area contributed by atoms with E-state index < -0.39 is 0 Å². The van der Waals surface area contributed by atoms with E-state index >= 15 is 0 Å². The SMILES string of the molecule is CCNc1cc(NCCSC)nc(C(C)(C)C)n1. The van der Waals surface area contributed by atoms with Gasteiger partial charge >= 0.3 is 0 Å². The Bertz CT molecular complexity index is 374. The minimum atomic E-state index is -0.0403. The molecule has 5 heteroatoms. The highest BCUT2D eigenvalue weighted by molar-refractivity contribution is 7.98. The van der Waals surface area contributed by atoms with E-state index in [-0.39, 0.29) is 5.41 Å². The van der Waals surface area contributed by atoms with Crippen molar-refractivity contribution in [3.8, 4) is 0 Å². The lowest BCUT2D eigenvalue weighted by Gasteiger charge is -2.19. The fraction of sp³-hybridized carbons (Fsp3) is 0.692. The van der Waals surface area contributed by atoms with Gasteiger partial charge in [-0.2, -0.15) is 11.8 Å². The summed E-state index contributed by atoms with van der Waals surface area (Å²) in [4.78, 5) is 9.14. The van der Waals surface area contributed by atoms with Gasteiger partial charge in [0.1, 0.15) is 17.5 Å². The van der Waals surface area contributed by atoms with Crippen LogP contribution in [0.25, 0.3) is 0 Å². The Balaban J connectivity index is 2.91. The van der Waals surface area contributed by atoms with Gasteiger partial charge in [0.05, 0.1) is 0 Å². The van der Waals surface area contributed by atoms with Crippen LogP contribution in [0.4, 0.5) is 11.6 Å². The monoisotopic (exact) mass is 268 g/mol. The zero-order valence-corrected chi connectivity index (χ0v) is 12.8. The predicted molar refractivity (Wildman–Crippen MR) is 81.8 cm³/mol. The minimum absolute atomic E-state index is 0.0403. The molecule has 0 aliphatic carbocycles. The van der Waals surface area contributed by atoms with Crippen LogP contribution in [0.1, 0.15) is 33.5 Å². The van der Waals surface area contributed by atoms with Crippen LogP contribution in [0, 0.1) is 0 Å². The maximum absolute atomic E-state index is 4.59. The first-order valence-corrected chi connectivity index (χ1v) is 7.73. The van der Waals surface area contributed by atoms with Crippen molar-refractivity contribution < 1.29 is 0 Å². The lowest BCUT2D eigenvalue weighted by Crippen LogP contribution is -2.19. The molecule has 1 aromatic heterocycles. The van der Waals surface area contributed by atoms with E-state index in [9.17, 15) is 0 Å². The average Bonchev–Trinajstić information content (AvgIpc) is 2.28. The molecule has 4 nitrogen and oxygen atoms in total. The fourth-order valence-electron chi connectivity index (χ4n) is 1.43. The standard InChI is InChI=1S/C13H24N4S/c1-6-14-10-9-11(15-7-8-18-5)17-12(16-10)13(2,3)4/h9H,6-8H2,1-5H3,(H2,14,15,16,17). The number of nitrogens with one attached hydrogen (secondary N) is 2. The molecule has 2 N–H and O–H groups in total. The summed E-state index contributed by atoms with van der Waals surface area (Å²) in [6.45, 7) is 10.2. The molecule has 102 valence electrons. The van der Waals surface area contributed by atoms with Crippen LogP contribution in [0.2, 0.25) is 0 Å². The molecule has 0 radical (unpaired) electrons. The summed E-state index contributed by atoms with van der Waals surface area (Å²) in [5.74, 6) is 3.74. The highest BCUT2D eigenvalue weighted by Gasteiger charge is 2.18. The number of nitrogens with zero attached hydrogens (tertiary/aromatic N) is 2. The topological polar surface area (TPSA) is 49.8 Å². The molecule has 0 atom stereocenters. The first-order valence-electron chi connectivity index (χ1n) is 6.33. The third-order valence-electron chi connectivity index (χ3n) is 2.37. The number of aromatic nitrogens is 2. The molecule has 0 amide bonds. The zero-order valence-electron chi connectivity index (χ0n) is 12.0. The van der Waals surface area contributed by atoms with Gasteiger partial charge in [0.15, 0.2) is 0 Å². The van der Waals surface area contributed by atoms with Crippen LogP contribution in [0.3, 0.4) is 0 Å². The van der Waals surface area contributed by atoms with E-state index in [0.29, 0.717) is 0 Å². The molecule has 0 aliphatic heterocycles. The van der Waals surface area contributed by atoms with Gasteiger partial charge in [0.2, 0.25) is 0 Å². The van der Waals surface area contributed by atoms with Crippen LogP contribution < -0.4 is 10.6 Å². The highest BCUT2D eigenvalue weighted by atomic mass is 32.2. The maximum Gasteiger partial charge on any atom is 0.138 e. The van der Waals surface area contributed by atoms with E-state index in [1.807, 2.05) is 17.8 Å². The number of anilines is 2. The number of rotatable bonds is 6. The van der Waals surface area contributed by atoms with Gasteiger partial charge < -0.3 is 10.6 Å². The highest BCUT2D eigenvalue weighted by Crippen LogP contribution is 2.22. The molecular weight excluding hydrogens is 244 g/mol. The lowest BCUT2D eigenvalue weighted by molar-refractivity contribution is 0.546. The molecule has 0 fully saturated rings. The number of hydrogen-bond donors (Lipinski definition) is 2. The Morgan fingerprint density at radius 1 is 1.17 bits per heavy atom. The van der Waals surface area contributed by atoms with E-state index in [4.69, 9.17) is 0 Å². The van der Waals surface area contributed by atoms with Crippen molar-refractivity contribution in [3.63, 3.8) is 0 Å². The first kappa shape index (κ1) is 15.1. The molecule has 0 aliphatic rings. The molecule has 0 saturated carbocycles. The number of thioether (sulfide) groups is 1. The van der Waals surface area contributed by atoms with E-state index in [1.165, 1.54) is 0 Å². The summed E-state index contributed by atoms with van der Waals surface area (Å²) in [6.07, 6.45) is 2.10. The van der Waals surface area contributed by atoms with Crippen molar-refractivity contribution in [2.75, 3.05) is 35.7 Å². The van der Waals surface area contributed by atoms with Crippen LogP contribution in [-0.4, -0.2) is 35.1 Å². The van der Waals surface area contributed by atoms with E-state index in [1.54, 1.807) is 0 Å². The summed E-state index contributed by atoms with van der Waals surface area (Å²) in [6, 6.07) is 1.97. The smallest absolute Gasteiger partial charge is 0.138 e. The van der Waals surface area contributed by atoms with E-state index in [2.05, 4.69) is 54.6 Å². The molecule has 18 heavy (non-hydrogen) atoms. The Hall–Kier alpha value is -0.970. The normalized spacial score (nSPS) is 11.4. The van der Waals surface area contributed by atoms with Crippen LogP contribution in [0.15, 0.2) is 6.07 Å². The second-order valence-corrected chi connectivity index (χ2v) is 6.15. The van der Waals surface area contributed by atoms with Gasteiger partial charge in [-0.25, -0.2) is 9.97 Å². The van der Waals surface area contributed by atoms with Crippen molar-refractivity contribution in [2.24, 2.45) is 0 Å². The molecule has 0 spiro atoms. The average molecular weight is 268 g/mol. The van der Waals surface area contributed by atoms with Gasteiger partial charge in [-0.05, 0) is 13.2 Å². The Kier molecular flexibility index (Phi) is 5.72. The molecule has 1 rings (SSSR count).